The highest BCUT2D eigenvalue weighted by Gasteiger charge is 2.12. The highest BCUT2D eigenvalue weighted by molar-refractivity contribution is 6.53. The summed E-state index contributed by atoms with van der Waals surface area (Å²) in [6, 6.07) is 28.2. The number of ether oxygens (including phenoxy) is 1. The quantitative estimate of drug-likeness (QED) is 0.548. The number of rotatable bonds is 4. The lowest BCUT2D eigenvalue weighted by molar-refractivity contribution is 0.415. The van der Waals surface area contributed by atoms with Crippen LogP contribution >= 0.6 is 11.6 Å². The van der Waals surface area contributed by atoms with Gasteiger partial charge >= 0.3 is 0 Å². The van der Waals surface area contributed by atoms with E-state index in [1.165, 1.54) is 0 Å². The summed E-state index contributed by atoms with van der Waals surface area (Å²) in [6.07, 6.45) is 0. The summed E-state index contributed by atoms with van der Waals surface area (Å²) in [7, 11) is 1.67. The van der Waals surface area contributed by atoms with Crippen molar-refractivity contribution < 1.29 is 4.74 Å². The molecule has 0 fully saturated rings. The zero-order chi connectivity index (χ0) is 16.1. The second-order valence-electron chi connectivity index (χ2n) is 5.15. The molecule has 3 aromatic carbocycles. The summed E-state index contributed by atoms with van der Waals surface area (Å²) in [5.74, 6) is 0.831. The molecule has 0 unspecified atom stereocenters. The molecule has 0 aromatic heterocycles. The van der Waals surface area contributed by atoms with Crippen LogP contribution in [0.5, 0.6) is 5.75 Å². The first-order valence-electron chi connectivity index (χ1n) is 7.44. The number of hydrogen-bond donors (Lipinski definition) is 0. The Morgan fingerprint density at radius 3 is 1.65 bits per heavy atom. The molecule has 0 aliphatic carbocycles. The molecule has 2 heteroatoms. The smallest absolute Gasteiger partial charge is 0.118 e. The first-order valence-corrected chi connectivity index (χ1v) is 7.82. The molecule has 0 amide bonds. The predicted molar refractivity (Wildman–Crippen MR) is 97.6 cm³/mol. The second-order valence-corrected chi connectivity index (χ2v) is 5.53. The molecular weight excluding hydrogens is 304 g/mol. The average molecular weight is 321 g/mol. The fourth-order valence-corrected chi connectivity index (χ4v) is 2.86. The van der Waals surface area contributed by atoms with Gasteiger partial charge in [-0.05, 0) is 28.8 Å². The second kappa shape index (κ2) is 7.17. The van der Waals surface area contributed by atoms with Gasteiger partial charge in [-0.25, -0.2) is 0 Å². The predicted octanol–water partition coefficient (Wildman–Crippen LogP) is 5.85. The van der Waals surface area contributed by atoms with Crippen molar-refractivity contribution in [3.8, 4) is 5.75 Å². The lowest BCUT2D eigenvalue weighted by Crippen LogP contribution is -1.92. The van der Waals surface area contributed by atoms with Gasteiger partial charge in [0.1, 0.15) is 5.75 Å². The SMILES string of the molecule is COc1ccc(/C(=C(\Cl)c2ccccc2)c2ccccc2)cc1. The molecular formula is C21H17ClO. The fourth-order valence-electron chi connectivity index (χ4n) is 2.51. The van der Waals surface area contributed by atoms with Crippen LogP contribution < -0.4 is 4.74 Å². The summed E-state index contributed by atoms with van der Waals surface area (Å²) in [5, 5.41) is 0.738. The van der Waals surface area contributed by atoms with Crippen molar-refractivity contribution >= 4 is 22.2 Å². The summed E-state index contributed by atoms with van der Waals surface area (Å²) in [6.45, 7) is 0. The molecule has 0 saturated carbocycles. The Labute approximate surface area is 141 Å². The molecule has 0 N–H and O–H groups in total. The van der Waals surface area contributed by atoms with Crippen molar-refractivity contribution in [3.05, 3.63) is 102 Å². The molecule has 0 bridgehead atoms. The van der Waals surface area contributed by atoms with E-state index in [-0.39, 0.29) is 0 Å². The Hall–Kier alpha value is -2.51. The van der Waals surface area contributed by atoms with Crippen LogP contribution in [0.2, 0.25) is 0 Å². The van der Waals surface area contributed by atoms with Gasteiger partial charge in [0.15, 0.2) is 0 Å². The van der Waals surface area contributed by atoms with Gasteiger partial charge in [-0.2, -0.15) is 0 Å². The van der Waals surface area contributed by atoms with Crippen molar-refractivity contribution in [1.82, 2.24) is 0 Å². The molecule has 114 valence electrons. The molecule has 0 spiro atoms. The Balaban J connectivity index is 2.18. The van der Waals surface area contributed by atoms with E-state index in [9.17, 15) is 0 Å². The normalized spacial score (nSPS) is 11.7. The Morgan fingerprint density at radius 1 is 0.652 bits per heavy atom. The van der Waals surface area contributed by atoms with Crippen LogP contribution in [0.25, 0.3) is 10.6 Å². The molecule has 23 heavy (non-hydrogen) atoms. The van der Waals surface area contributed by atoms with Gasteiger partial charge in [0, 0.05) is 5.57 Å². The van der Waals surface area contributed by atoms with E-state index in [2.05, 4.69) is 12.1 Å². The molecule has 0 atom stereocenters. The van der Waals surface area contributed by atoms with E-state index >= 15 is 0 Å². The summed E-state index contributed by atoms with van der Waals surface area (Å²) >= 11 is 6.76. The van der Waals surface area contributed by atoms with E-state index in [1.807, 2.05) is 72.8 Å². The molecule has 0 saturated heterocycles. The molecule has 0 aliphatic rings. The minimum Gasteiger partial charge on any atom is -0.497 e. The Bertz CT molecular complexity index is 790. The fraction of sp³-hybridized carbons (Fsp3) is 0.0476. The summed E-state index contributed by atoms with van der Waals surface area (Å²) in [5.41, 5.74) is 4.17. The molecule has 3 aromatic rings. The topological polar surface area (TPSA) is 9.23 Å². The zero-order valence-electron chi connectivity index (χ0n) is 12.9. The Morgan fingerprint density at radius 2 is 1.13 bits per heavy atom. The number of benzene rings is 3. The van der Waals surface area contributed by atoms with Gasteiger partial charge in [0.2, 0.25) is 0 Å². The van der Waals surface area contributed by atoms with Crippen LogP contribution in [-0.4, -0.2) is 7.11 Å². The van der Waals surface area contributed by atoms with Crippen molar-refractivity contribution in [2.45, 2.75) is 0 Å². The third-order valence-corrected chi connectivity index (χ3v) is 4.10. The van der Waals surface area contributed by atoms with Gasteiger partial charge < -0.3 is 4.74 Å². The van der Waals surface area contributed by atoms with Crippen LogP contribution in [-0.2, 0) is 0 Å². The minimum atomic E-state index is 0.738. The van der Waals surface area contributed by atoms with E-state index in [4.69, 9.17) is 16.3 Å². The molecule has 1 nitrogen and oxygen atoms in total. The van der Waals surface area contributed by atoms with E-state index < -0.39 is 0 Å². The zero-order valence-corrected chi connectivity index (χ0v) is 13.6. The minimum absolute atomic E-state index is 0.738. The van der Waals surface area contributed by atoms with Gasteiger partial charge in [-0.3, -0.25) is 0 Å². The van der Waals surface area contributed by atoms with E-state index in [0.717, 1.165) is 33.0 Å². The van der Waals surface area contributed by atoms with Crippen molar-refractivity contribution in [3.63, 3.8) is 0 Å². The van der Waals surface area contributed by atoms with Gasteiger partial charge in [0.25, 0.3) is 0 Å². The van der Waals surface area contributed by atoms with Crippen LogP contribution in [0.1, 0.15) is 16.7 Å². The van der Waals surface area contributed by atoms with Gasteiger partial charge in [0.05, 0.1) is 12.1 Å². The van der Waals surface area contributed by atoms with Crippen molar-refractivity contribution in [1.29, 1.82) is 0 Å². The van der Waals surface area contributed by atoms with Gasteiger partial charge in [-0.1, -0.05) is 84.4 Å². The number of hydrogen-bond acceptors (Lipinski definition) is 1. The number of methoxy groups -OCH3 is 1. The molecule has 0 heterocycles. The standard InChI is InChI=1S/C21H17ClO/c1-23-19-14-12-17(13-15-19)20(16-8-4-2-5-9-16)21(22)18-10-6-3-7-11-18/h2-15H,1H3/b21-20-. The monoisotopic (exact) mass is 320 g/mol. The summed E-state index contributed by atoms with van der Waals surface area (Å²) in [4.78, 5) is 0. The maximum absolute atomic E-state index is 6.76. The van der Waals surface area contributed by atoms with E-state index in [1.54, 1.807) is 7.11 Å². The number of halogens is 1. The third-order valence-electron chi connectivity index (χ3n) is 3.69. The molecule has 0 aliphatic heterocycles. The summed E-state index contributed by atoms with van der Waals surface area (Å²) < 4.78 is 5.25. The van der Waals surface area contributed by atoms with Crippen LogP contribution in [0, 0.1) is 0 Å². The molecule has 3 rings (SSSR count). The first-order chi connectivity index (χ1) is 11.3. The lowest BCUT2D eigenvalue weighted by atomic mass is 9.95. The van der Waals surface area contributed by atoms with Crippen molar-refractivity contribution in [2.24, 2.45) is 0 Å². The Kier molecular flexibility index (Phi) is 4.80. The van der Waals surface area contributed by atoms with Crippen molar-refractivity contribution in [2.75, 3.05) is 7.11 Å². The third kappa shape index (κ3) is 3.46. The maximum atomic E-state index is 6.76. The highest BCUT2D eigenvalue weighted by Crippen LogP contribution is 2.35. The van der Waals surface area contributed by atoms with Crippen LogP contribution in [0.15, 0.2) is 84.9 Å². The van der Waals surface area contributed by atoms with Gasteiger partial charge in [-0.15, -0.1) is 0 Å². The van der Waals surface area contributed by atoms with Crippen LogP contribution in [0.3, 0.4) is 0 Å². The van der Waals surface area contributed by atoms with Crippen LogP contribution in [0.4, 0.5) is 0 Å². The van der Waals surface area contributed by atoms with E-state index in [0.29, 0.717) is 0 Å². The largest absolute Gasteiger partial charge is 0.497 e. The maximum Gasteiger partial charge on any atom is 0.118 e. The first kappa shape index (κ1) is 15.4. The highest BCUT2D eigenvalue weighted by atomic mass is 35.5. The average Bonchev–Trinajstić information content (AvgIpc) is 2.64. The lowest BCUT2D eigenvalue weighted by Gasteiger charge is -2.13. The molecule has 0 radical (unpaired) electrons.